The van der Waals surface area contributed by atoms with Gasteiger partial charge in [-0.1, -0.05) is 155 Å². The van der Waals surface area contributed by atoms with Gasteiger partial charge in [-0.05, 0) is 89.9 Å². The number of phosphoric acid groups is 1. The van der Waals surface area contributed by atoms with Crippen molar-refractivity contribution < 1.29 is 42.7 Å². The number of rotatable bonds is 39. The smallest absolute Gasteiger partial charge is 0.462 e. The molecule has 0 bridgehead atoms. The number of esters is 2. The molecule has 0 aromatic heterocycles. The lowest BCUT2D eigenvalue weighted by atomic mass is 10.1. The number of nitrogens with two attached hydrogens (primary N) is 1. The van der Waals surface area contributed by atoms with Crippen molar-refractivity contribution in [1.82, 2.24) is 0 Å². The average Bonchev–Trinajstić information content (AvgIpc) is 3.23. The Morgan fingerprint density at radius 2 is 1.15 bits per heavy atom. The second-order valence-corrected chi connectivity index (χ2v) is 15.5. The lowest BCUT2D eigenvalue weighted by Gasteiger charge is -2.19. The summed E-state index contributed by atoms with van der Waals surface area (Å²) >= 11 is 0. The fraction of sp³-hybridized carbons (Fsp3) is 0.551. The van der Waals surface area contributed by atoms with Gasteiger partial charge in [0.1, 0.15) is 6.61 Å². The van der Waals surface area contributed by atoms with Crippen molar-refractivity contribution in [3.05, 3.63) is 122 Å². The van der Waals surface area contributed by atoms with Gasteiger partial charge in [-0.2, -0.15) is 0 Å². The fourth-order valence-corrected chi connectivity index (χ4v) is 5.90. The number of unbranched alkanes of at least 4 members (excludes halogenated alkanes) is 6. The average molecular weight is 856 g/mol. The zero-order valence-corrected chi connectivity index (χ0v) is 37.6. The fourth-order valence-electron chi connectivity index (χ4n) is 5.14. The van der Waals surface area contributed by atoms with E-state index in [1.165, 1.54) is 25.7 Å². The number of hydrogen-bond donors (Lipinski definition) is 3. The highest BCUT2D eigenvalue weighted by Crippen LogP contribution is 2.43. The third-order valence-electron chi connectivity index (χ3n) is 8.43. The van der Waals surface area contributed by atoms with E-state index in [4.69, 9.17) is 24.3 Å². The molecule has 60 heavy (non-hydrogen) atoms. The Labute approximate surface area is 363 Å². The number of carbonyl (C=O) groups excluding carboxylic acids is 2. The Kier molecular flexibility index (Phi) is 40.8. The molecule has 2 unspecified atom stereocenters. The number of ether oxygens (including phenoxy) is 2. The molecule has 0 heterocycles. The summed E-state index contributed by atoms with van der Waals surface area (Å²) in [6, 6.07) is 0. The summed E-state index contributed by atoms with van der Waals surface area (Å²) in [5.41, 5.74) is 5.34. The van der Waals surface area contributed by atoms with E-state index in [0.29, 0.717) is 19.3 Å². The van der Waals surface area contributed by atoms with Crippen LogP contribution in [0.1, 0.15) is 136 Å². The predicted molar refractivity (Wildman–Crippen MR) is 248 cm³/mol. The van der Waals surface area contributed by atoms with Crippen LogP contribution < -0.4 is 5.73 Å². The van der Waals surface area contributed by atoms with E-state index in [1.54, 1.807) is 6.08 Å². The Balaban J connectivity index is 4.40. The summed E-state index contributed by atoms with van der Waals surface area (Å²) in [5, 5.41) is 9.83. The molecule has 0 aliphatic heterocycles. The Bertz CT molecular complexity index is 1410. The predicted octanol–water partition coefficient (Wildman–Crippen LogP) is 11.9. The molecule has 338 valence electrons. The van der Waals surface area contributed by atoms with E-state index in [1.807, 2.05) is 42.5 Å². The molecule has 0 radical (unpaired) electrons. The summed E-state index contributed by atoms with van der Waals surface area (Å²) in [4.78, 5) is 34.9. The van der Waals surface area contributed by atoms with Gasteiger partial charge in [0, 0.05) is 19.4 Å². The van der Waals surface area contributed by atoms with Crippen molar-refractivity contribution in [2.75, 3.05) is 26.4 Å². The maximum atomic E-state index is 12.6. The van der Waals surface area contributed by atoms with Gasteiger partial charge in [0.2, 0.25) is 0 Å². The van der Waals surface area contributed by atoms with Crippen LogP contribution in [0, 0.1) is 0 Å². The minimum absolute atomic E-state index is 0.0248. The standard InChI is InChI=1S/C49H78NO9P/c1-3-5-7-8-9-10-11-12-13-14-15-16-17-20-24-27-30-33-37-41-49(53)59-47(45-58-60(54,55)57-43-42-50)44-56-48(52)40-36-32-29-26-23-21-18-19-22-25-28-31-35-39-46(51)38-34-6-4-2/h6,9-10,12-13,15-16,19-24,28-29,31-32,34-35,39,46-47,51H,3-5,7-8,11,14,17-18,25-27,30,33,36-38,40-45,50H2,1-2H3,(H,54,55)/b10-9-,13-12-,16-15-,22-19-,23-21-,24-20-,31-28+,32-29-,34-6-,39-35+/t46?,47-/m1/s1. The molecular formula is C49H78NO9P. The van der Waals surface area contributed by atoms with E-state index in [-0.39, 0.29) is 32.6 Å². The SMILES string of the molecule is CC/C=C\CC(O)/C=C/C=C/C/C=C\C/C=C\C/C=C\CCC(=O)OC[C@H](COP(=O)(O)OCCN)OC(=O)CCCCC/C=C\C/C=C\C/C=C\C/C=C\CCCCC. The minimum Gasteiger partial charge on any atom is -0.462 e. The second-order valence-electron chi connectivity index (χ2n) is 14.0. The number of aliphatic hydroxyl groups excluding tert-OH is 1. The maximum absolute atomic E-state index is 12.6. The molecule has 10 nitrogen and oxygen atoms in total. The molecule has 0 saturated heterocycles. The van der Waals surface area contributed by atoms with Crippen LogP contribution in [0.15, 0.2) is 122 Å². The zero-order valence-electron chi connectivity index (χ0n) is 36.7. The number of allylic oxidation sites excluding steroid dienone is 18. The number of hydrogen-bond acceptors (Lipinski definition) is 9. The van der Waals surface area contributed by atoms with Crippen LogP contribution >= 0.6 is 7.82 Å². The number of aliphatic hydroxyl groups is 1. The highest BCUT2D eigenvalue weighted by Gasteiger charge is 2.25. The molecule has 0 rings (SSSR count). The molecule has 0 fully saturated rings. The van der Waals surface area contributed by atoms with Gasteiger partial charge in [-0.15, -0.1) is 0 Å². The van der Waals surface area contributed by atoms with Gasteiger partial charge in [-0.25, -0.2) is 4.57 Å². The van der Waals surface area contributed by atoms with E-state index in [0.717, 1.165) is 64.2 Å². The third kappa shape index (κ3) is 42.5. The first-order chi connectivity index (χ1) is 29.2. The molecule has 4 N–H and O–H groups in total. The first kappa shape index (κ1) is 56.4. The largest absolute Gasteiger partial charge is 0.472 e. The topological polar surface area (TPSA) is 155 Å². The van der Waals surface area contributed by atoms with Gasteiger partial charge in [0.25, 0.3) is 0 Å². The van der Waals surface area contributed by atoms with Crippen LogP contribution in [-0.2, 0) is 32.7 Å². The maximum Gasteiger partial charge on any atom is 0.472 e. The summed E-state index contributed by atoms with van der Waals surface area (Å²) in [7, 11) is -4.42. The van der Waals surface area contributed by atoms with Gasteiger partial charge < -0.3 is 25.2 Å². The first-order valence-electron chi connectivity index (χ1n) is 22.1. The molecule has 0 saturated carbocycles. The van der Waals surface area contributed by atoms with E-state index in [2.05, 4.69) is 86.8 Å². The molecule has 0 spiro atoms. The van der Waals surface area contributed by atoms with Crippen LogP contribution in [0.25, 0.3) is 0 Å². The van der Waals surface area contributed by atoms with E-state index in [9.17, 15) is 24.2 Å². The van der Waals surface area contributed by atoms with Crippen molar-refractivity contribution in [3.8, 4) is 0 Å². The molecule has 0 aromatic rings. The van der Waals surface area contributed by atoms with Gasteiger partial charge in [0.05, 0.1) is 19.3 Å². The van der Waals surface area contributed by atoms with Crippen molar-refractivity contribution >= 4 is 19.8 Å². The third-order valence-corrected chi connectivity index (χ3v) is 9.41. The minimum atomic E-state index is -4.42. The Morgan fingerprint density at radius 3 is 1.72 bits per heavy atom. The van der Waals surface area contributed by atoms with Crippen LogP contribution in [0.5, 0.6) is 0 Å². The molecule has 11 heteroatoms. The number of phosphoric ester groups is 1. The summed E-state index contributed by atoms with van der Waals surface area (Å²) in [6.07, 6.45) is 55.7. The Hall–Kier alpha value is -3.63. The van der Waals surface area contributed by atoms with Crippen molar-refractivity contribution in [3.63, 3.8) is 0 Å². The molecule has 0 amide bonds. The van der Waals surface area contributed by atoms with Crippen molar-refractivity contribution in [2.24, 2.45) is 5.73 Å². The van der Waals surface area contributed by atoms with Gasteiger partial charge in [-0.3, -0.25) is 18.6 Å². The molecular weight excluding hydrogens is 778 g/mol. The lowest BCUT2D eigenvalue weighted by Crippen LogP contribution is -2.29. The highest BCUT2D eigenvalue weighted by atomic mass is 31.2. The van der Waals surface area contributed by atoms with E-state index >= 15 is 0 Å². The number of carbonyl (C=O) groups is 2. The quantitative estimate of drug-likeness (QED) is 0.0179. The summed E-state index contributed by atoms with van der Waals surface area (Å²) < 4.78 is 32.7. The molecule has 0 aliphatic rings. The molecule has 0 aromatic carbocycles. The monoisotopic (exact) mass is 856 g/mol. The normalized spacial score (nSPS) is 14.9. The van der Waals surface area contributed by atoms with Crippen molar-refractivity contribution in [1.29, 1.82) is 0 Å². The van der Waals surface area contributed by atoms with Gasteiger partial charge >= 0.3 is 19.8 Å². The summed E-state index contributed by atoms with van der Waals surface area (Å²) in [5.74, 6) is -0.998. The van der Waals surface area contributed by atoms with Crippen LogP contribution in [0.4, 0.5) is 0 Å². The zero-order chi connectivity index (χ0) is 44.0. The van der Waals surface area contributed by atoms with Crippen LogP contribution in [0.3, 0.4) is 0 Å². The molecule has 3 atom stereocenters. The van der Waals surface area contributed by atoms with Gasteiger partial charge in [0.15, 0.2) is 6.10 Å². The van der Waals surface area contributed by atoms with Crippen molar-refractivity contribution in [2.45, 2.75) is 148 Å². The lowest BCUT2D eigenvalue weighted by molar-refractivity contribution is -0.161. The summed E-state index contributed by atoms with van der Waals surface area (Å²) in [6.45, 7) is 3.33. The highest BCUT2D eigenvalue weighted by molar-refractivity contribution is 7.47. The van der Waals surface area contributed by atoms with Crippen LogP contribution in [-0.4, -0.2) is 60.5 Å². The second kappa shape index (κ2) is 43.5. The van der Waals surface area contributed by atoms with Crippen LogP contribution in [0.2, 0.25) is 0 Å². The van der Waals surface area contributed by atoms with E-state index < -0.39 is 38.6 Å². The molecule has 0 aliphatic carbocycles. The Morgan fingerprint density at radius 1 is 0.600 bits per heavy atom. The first-order valence-corrected chi connectivity index (χ1v) is 23.6.